The molecule has 0 aromatic carbocycles. The van der Waals surface area contributed by atoms with Crippen LogP contribution in [0.15, 0.2) is 0 Å². The molecule has 2 radical (unpaired) electrons. The van der Waals surface area contributed by atoms with Crippen molar-refractivity contribution in [2.75, 3.05) is 0 Å². The molecule has 2 rings (SSSR count). The molecule has 0 atom stereocenters. The van der Waals surface area contributed by atoms with Crippen LogP contribution in [0.4, 0.5) is 0 Å². The van der Waals surface area contributed by atoms with E-state index >= 15 is 0 Å². The second-order valence-electron chi connectivity index (χ2n) is 5.18. The van der Waals surface area contributed by atoms with Crippen LogP contribution in [-0.4, -0.2) is 43.5 Å². The Balaban J connectivity index is 0.000000317. The summed E-state index contributed by atoms with van der Waals surface area (Å²) in [5, 5.41) is 21.5. The minimum Gasteiger partial charge on any atom is -0.402 e. The van der Waals surface area contributed by atoms with Gasteiger partial charge < -0.3 is 15.1 Å². The Hall–Kier alpha value is 0.744. The molecular weight excluding hydrogens is 322 g/mol. The molecule has 0 spiro atoms. The third kappa shape index (κ3) is 8.46. The van der Waals surface area contributed by atoms with Crippen LogP contribution < -0.4 is 0 Å². The van der Waals surface area contributed by atoms with E-state index in [0.29, 0.717) is 0 Å². The molecule has 0 bridgehead atoms. The molecular formula is C12H25BO3Sn. The Morgan fingerprint density at radius 1 is 0.647 bits per heavy atom. The summed E-state index contributed by atoms with van der Waals surface area (Å²) in [6.07, 6.45) is 15.9. The Bertz CT molecular complexity index is 162. The topological polar surface area (TPSA) is 60.7 Å². The van der Waals surface area contributed by atoms with E-state index in [-0.39, 0.29) is 21.1 Å². The Morgan fingerprint density at radius 2 is 0.941 bits per heavy atom. The first kappa shape index (κ1) is 15.8. The summed E-state index contributed by atoms with van der Waals surface area (Å²) >= 11 is 0.0367. The van der Waals surface area contributed by atoms with Crippen LogP contribution in [0.2, 0.25) is 7.87 Å². The number of rotatable bonds is 2. The van der Waals surface area contributed by atoms with E-state index in [4.69, 9.17) is 15.1 Å². The van der Waals surface area contributed by atoms with Gasteiger partial charge in [0.05, 0.1) is 0 Å². The molecule has 17 heavy (non-hydrogen) atoms. The molecule has 0 heterocycles. The van der Waals surface area contributed by atoms with Crippen LogP contribution >= 0.6 is 0 Å². The molecule has 0 saturated heterocycles. The van der Waals surface area contributed by atoms with Gasteiger partial charge in [0.15, 0.2) is 0 Å². The minimum atomic E-state index is -2.17. The van der Waals surface area contributed by atoms with Crippen molar-refractivity contribution in [3.8, 4) is 0 Å². The molecule has 0 unspecified atom stereocenters. The largest absolute Gasteiger partial charge is 0.631 e. The first-order valence-corrected chi connectivity index (χ1v) is 10.3. The minimum absolute atomic E-state index is 0.0367. The fourth-order valence-corrected chi connectivity index (χ4v) is 9.01. The van der Waals surface area contributed by atoms with Gasteiger partial charge in [-0.25, -0.2) is 0 Å². The van der Waals surface area contributed by atoms with Crippen molar-refractivity contribution < 1.29 is 15.1 Å². The van der Waals surface area contributed by atoms with E-state index in [1.54, 1.807) is 64.2 Å². The molecule has 2 fully saturated rings. The molecule has 3 nitrogen and oxygen atoms in total. The fraction of sp³-hybridized carbons (Fsp3) is 1.00. The van der Waals surface area contributed by atoms with Crippen LogP contribution in [0.25, 0.3) is 0 Å². The van der Waals surface area contributed by atoms with Gasteiger partial charge in [-0.2, -0.15) is 0 Å². The first-order chi connectivity index (χ1) is 8.18. The van der Waals surface area contributed by atoms with E-state index in [0.717, 1.165) is 0 Å². The predicted octanol–water partition coefficient (Wildman–Crippen LogP) is 2.14. The maximum atomic E-state index is 7.17. The average molecular weight is 347 g/mol. The van der Waals surface area contributed by atoms with E-state index < -0.39 is 7.32 Å². The third-order valence-corrected chi connectivity index (χ3v) is 9.67. The predicted molar refractivity (Wildman–Crippen MR) is 71.8 cm³/mol. The number of hydrogen-bond acceptors (Lipinski definition) is 3. The van der Waals surface area contributed by atoms with Crippen molar-refractivity contribution in [1.82, 2.24) is 0 Å². The molecule has 0 aliphatic heterocycles. The summed E-state index contributed by atoms with van der Waals surface area (Å²) in [7, 11) is -2.17. The van der Waals surface area contributed by atoms with Gasteiger partial charge in [-0.3, -0.25) is 0 Å². The van der Waals surface area contributed by atoms with Gasteiger partial charge in [0.25, 0.3) is 0 Å². The van der Waals surface area contributed by atoms with Crippen molar-refractivity contribution >= 4 is 28.5 Å². The van der Waals surface area contributed by atoms with Gasteiger partial charge >= 0.3 is 101 Å². The molecule has 0 aromatic rings. The molecule has 3 N–H and O–H groups in total. The maximum absolute atomic E-state index is 7.17. The van der Waals surface area contributed by atoms with Crippen molar-refractivity contribution in [3.63, 3.8) is 0 Å². The van der Waals surface area contributed by atoms with Crippen LogP contribution in [0.1, 0.15) is 64.2 Å². The molecule has 2 aliphatic rings. The second-order valence-corrected chi connectivity index (χ2v) is 10.8. The van der Waals surface area contributed by atoms with Gasteiger partial charge in [0.1, 0.15) is 0 Å². The van der Waals surface area contributed by atoms with Crippen LogP contribution in [0.5, 0.6) is 0 Å². The smallest absolute Gasteiger partial charge is 0.402 e. The monoisotopic (exact) mass is 348 g/mol. The third-order valence-electron chi connectivity index (χ3n) is 3.68. The Morgan fingerprint density at radius 3 is 1.24 bits per heavy atom. The standard InChI is InChI=1S/2C6H11.BH3O3.Sn/c2*1-2-4-6-5-3-1;2-1(3)4;/h2*1H,2-6H2;2-4H;. The maximum Gasteiger partial charge on any atom is 0.631 e. The summed E-state index contributed by atoms with van der Waals surface area (Å²) in [4.78, 5) is 0. The molecule has 5 heteroatoms. The second kappa shape index (κ2) is 9.64. The molecule has 0 aromatic heterocycles. The Kier molecular flexibility index (Phi) is 8.96. The van der Waals surface area contributed by atoms with Gasteiger partial charge in [-0.05, 0) is 0 Å². The molecule has 2 aliphatic carbocycles. The van der Waals surface area contributed by atoms with Crippen molar-refractivity contribution in [1.29, 1.82) is 0 Å². The zero-order valence-corrected chi connectivity index (χ0v) is 13.5. The summed E-state index contributed by atoms with van der Waals surface area (Å²) in [5.41, 5.74) is 0. The SMILES string of the molecule is C1CC[CH]([Sn][CH]2CCCCC2)CC1.OB(O)O. The number of hydrogen-bond donors (Lipinski definition) is 3. The van der Waals surface area contributed by atoms with Crippen LogP contribution in [0.3, 0.4) is 0 Å². The van der Waals surface area contributed by atoms with Crippen molar-refractivity contribution in [3.05, 3.63) is 0 Å². The van der Waals surface area contributed by atoms with Gasteiger partial charge in [-0.1, -0.05) is 0 Å². The normalized spacial score (nSPS) is 22.8. The van der Waals surface area contributed by atoms with Crippen molar-refractivity contribution in [2.24, 2.45) is 0 Å². The van der Waals surface area contributed by atoms with Gasteiger partial charge in [0, 0.05) is 0 Å². The fourth-order valence-electron chi connectivity index (χ4n) is 2.87. The zero-order valence-electron chi connectivity index (χ0n) is 10.6. The van der Waals surface area contributed by atoms with E-state index in [1.807, 2.05) is 0 Å². The summed E-state index contributed by atoms with van der Waals surface area (Å²) < 4.78 is 2.58. The summed E-state index contributed by atoms with van der Waals surface area (Å²) in [6, 6.07) is 0. The van der Waals surface area contributed by atoms with Crippen molar-refractivity contribution in [2.45, 2.75) is 72.1 Å². The zero-order chi connectivity index (χ0) is 12.5. The quantitative estimate of drug-likeness (QED) is 0.671. The summed E-state index contributed by atoms with van der Waals surface area (Å²) in [5.74, 6) is 0. The Labute approximate surface area is 115 Å². The van der Waals surface area contributed by atoms with E-state index in [1.165, 1.54) is 7.87 Å². The molecule has 98 valence electrons. The van der Waals surface area contributed by atoms with Gasteiger partial charge in [-0.15, -0.1) is 0 Å². The van der Waals surface area contributed by atoms with Crippen LogP contribution in [-0.2, 0) is 0 Å². The molecule has 0 amide bonds. The van der Waals surface area contributed by atoms with Gasteiger partial charge in [0.2, 0.25) is 0 Å². The molecule has 2 saturated carbocycles. The van der Waals surface area contributed by atoms with E-state index in [2.05, 4.69) is 0 Å². The summed E-state index contributed by atoms with van der Waals surface area (Å²) in [6.45, 7) is 0. The van der Waals surface area contributed by atoms with Crippen LogP contribution in [0, 0.1) is 0 Å². The first-order valence-electron chi connectivity index (χ1n) is 6.98. The van der Waals surface area contributed by atoms with E-state index in [9.17, 15) is 0 Å². The average Bonchev–Trinajstić information content (AvgIpc) is 2.31.